The van der Waals surface area contributed by atoms with Crippen LogP contribution < -0.4 is 10.6 Å². The second kappa shape index (κ2) is 9.68. The van der Waals surface area contributed by atoms with E-state index in [1.807, 2.05) is 60.7 Å². The van der Waals surface area contributed by atoms with Crippen molar-refractivity contribution < 1.29 is 9.53 Å². The SMILES string of the molecule is CCOC(=O)c1cc(-c2ccccc2)sc1NC(=S)NCc1ccc(Cl)cc1. The van der Waals surface area contributed by atoms with Gasteiger partial charge in [-0.05, 0) is 48.5 Å². The number of nitrogens with one attached hydrogen (secondary N) is 2. The Morgan fingerprint density at radius 1 is 1.14 bits per heavy atom. The number of thiophene rings is 1. The van der Waals surface area contributed by atoms with E-state index >= 15 is 0 Å². The highest BCUT2D eigenvalue weighted by Crippen LogP contribution is 2.35. The van der Waals surface area contributed by atoms with Gasteiger partial charge in [0.15, 0.2) is 5.11 Å². The first-order valence-corrected chi connectivity index (χ1v) is 10.3. The lowest BCUT2D eigenvalue weighted by atomic mass is 10.1. The van der Waals surface area contributed by atoms with E-state index in [1.54, 1.807) is 6.92 Å². The van der Waals surface area contributed by atoms with Gasteiger partial charge in [0.25, 0.3) is 0 Å². The molecular weight excluding hydrogens is 412 g/mol. The highest BCUT2D eigenvalue weighted by Gasteiger charge is 2.19. The van der Waals surface area contributed by atoms with Crippen molar-refractivity contribution in [3.63, 3.8) is 0 Å². The third kappa shape index (κ3) is 5.32. The van der Waals surface area contributed by atoms with Crippen molar-refractivity contribution >= 4 is 51.2 Å². The minimum absolute atomic E-state index is 0.314. The Bertz CT molecular complexity index is 956. The molecule has 3 aromatic rings. The van der Waals surface area contributed by atoms with Crippen molar-refractivity contribution in [2.24, 2.45) is 0 Å². The molecule has 0 aliphatic rings. The fourth-order valence-corrected chi connectivity index (χ4v) is 3.94. The van der Waals surface area contributed by atoms with E-state index in [-0.39, 0.29) is 5.97 Å². The number of ether oxygens (including phenoxy) is 1. The quantitative estimate of drug-likeness (QED) is 0.386. The fourth-order valence-electron chi connectivity index (χ4n) is 2.52. The number of rotatable bonds is 6. The van der Waals surface area contributed by atoms with E-state index in [2.05, 4.69) is 10.6 Å². The van der Waals surface area contributed by atoms with Crippen LogP contribution in [0.4, 0.5) is 5.00 Å². The molecule has 0 fully saturated rings. The first-order valence-electron chi connectivity index (χ1n) is 8.72. The van der Waals surface area contributed by atoms with Crippen molar-refractivity contribution in [2.75, 3.05) is 11.9 Å². The first-order chi connectivity index (χ1) is 13.6. The molecule has 28 heavy (non-hydrogen) atoms. The molecule has 0 saturated heterocycles. The third-order valence-corrected chi connectivity index (χ3v) is 5.48. The van der Waals surface area contributed by atoms with Crippen molar-refractivity contribution in [2.45, 2.75) is 13.5 Å². The topological polar surface area (TPSA) is 50.4 Å². The summed E-state index contributed by atoms with van der Waals surface area (Å²) < 4.78 is 5.19. The van der Waals surface area contributed by atoms with E-state index in [0.717, 1.165) is 16.0 Å². The summed E-state index contributed by atoms with van der Waals surface area (Å²) in [6.45, 7) is 2.65. The van der Waals surface area contributed by atoms with Gasteiger partial charge >= 0.3 is 5.97 Å². The van der Waals surface area contributed by atoms with Crippen LogP contribution in [0.25, 0.3) is 10.4 Å². The van der Waals surface area contributed by atoms with Gasteiger partial charge < -0.3 is 15.4 Å². The van der Waals surface area contributed by atoms with Crippen LogP contribution in [0.2, 0.25) is 5.02 Å². The van der Waals surface area contributed by atoms with Crippen molar-refractivity contribution in [3.8, 4) is 10.4 Å². The van der Waals surface area contributed by atoms with E-state index in [0.29, 0.717) is 33.9 Å². The van der Waals surface area contributed by atoms with E-state index in [9.17, 15) is 4.79 Å². The summed E-state index contributed by atoms with van der Waals surface area (Å²) in [6.07, 6.45) is 0. The summed E-state index contributed by atoms with van der Waals surface area (Å²) in [5.41, 5.74) is 2.56. The summed E-state index contributed by atoms with van der Waals surface area (Å²) in [4.78, 5) is 13.3. The van der Waals surface area contributed by atoms with Gasteiger partial charge in [-0.15, -0.1) is 11.3 Å². The van der Waals surface area contributed by atoms with Gasteiger partial charge in [-0.3, -0.25) is 0 Å². The molecule has 3 rings (SSSR count). The summed E-state index contributed by atoms with van der Waals surface area (Å²) in [5, 5.41) is 8.06. The number of carbonyl (C=O) groups excluding carboxylic acids is 1. The summed E-state index contributed by atoms with van der Waals surface area (Å²) in [5.74, 6) is -0.371. The molecule has 7 heteroatoms. The second-order valence-electron chi connectivity index (χ2n) is 5.87. The molecule has 144 valence electrons. The lowest BCUT2D eigenvalue weighted by molar-refractivity contribution is 0.0528. The maximum atomic E-state index is 12.4. The van der Waals surface area contributed by atoms with E-state index in [4.69, 9.17) is 28.6 Å². The Morgan fingerprint density at radius 3 is 2.54 bits per heavy atom. The Kier molecular flexibility index (Phi) is 7.03. The average Bonchev–Trinajstić information content (AvgIpc) is 3.12. The number of anilines is 1. The molecule has 2 N–H and O–H groups in total. The van der Waals surface area contributed by atoms with Crippen LogP contribution in [0.15, 0.2) is 60.7 Å². The Morgan fingerprint density at radius 2 is 1.86 bits per heavy atom. The molecule has 4 nitrogen and oxygen atoms in total. The van der Waals surface area contributed by atoms with Gasteiger partial charge in [0.05, 0.1) is 12.2 Å². The molecule has 0 saturated carbocycles. The molecule has 0 aliphatic carbocycles. The molecule has 1 aromatic heterocycles. The number of benzene rings is 2. The summed E-state index contributed by atoms with van der Waals surface area (Å²) >= 11 is 12.8. The maximum absolute atomic E-state index is 12.4. The molecular formula is C21H19ClN2O2S2. The van der Waals surface area contributed by atoms with E-state index in [1.165, 1.54) is 11.3 Å². The zero-order chi connectivity index (χ0) is 19.9. The van der Waals surface area contributed by atoms with Crippen LogP contribution in [-0.4, -0.2) is 17.7 Å². The van der Waals surface area contributed by atoms with Crippen LogP contribution in [0.3, 0.4) is 0 Å². The van der Waals surface area contributed by atoms with Crippen LogP contribution in [-0.2, 0) is 11.3 Å². The maximum Gasteiger partial charge on any atom is 0.341 e. The Hall–Kier alpha value is -2.41. The van der Waals surface area contributed by atoms with Gasteiger partial charge in [0, 0.05) is 16.4 Å². The monoisotopic (exact) mass is 430 g/mol. The predicted octanol–water partition coefficient (Wildman–Crippen LogP) is 5.73. The van der Waals surface area contributed by atoms with Crippen LogP contribution >= 0.6 is 35.2 Å². The van der Waals surface area contributed by atoms with Gasteiger partial charge in [-0.1, -0.05) is 54.1 Å². The largest absolute Gasteiger partial charge is 0.462 e. The number of carbonyl (C=O) groups is 1. The lowest BCUT2D eigenvalue weighted by Gasteiger charge is -2.10. The van der Waals surface area contributed by atoms with Gasteiger partial charge in [0.1, 0.15) is 5.00 Å². The molecule has 0 radical (unpaired) electrons. The van der Waals surface area contributed by atoms with Crippen molar-refractivity contribution in [3.05, 3.63) is 76.8 Å². The standard InChI is InChI=1S/C21H19ClN2O2S2/c1-2-26-20(25)17-12-18(15-6-4-3-5-7-15)28-19(17)24-21(27)23-13-14-8-10-16(22)11-9-14/h3-12H,2,13H2,1H3,(H2,23,24,27). The normalized spacial score (nSPS) is 10.4. The highest BCUT2D eigenvalue weighted by molar-refractivity contribution is 7.80. The Labute approximate surface area is 178 Å². The molecule has 0 unspecified atom stereocenters. The number of hydrogen-bond donors (Lipinski definition) is 2. The highest BCUT2D eigenvalue weighted by atomic mass is 35.5. The van der Waals surface area contributed by atoms with Gasteiger partial charge in [-0.25, -0.2) is 4.79 Å². The Balaban J connectivity index is 1.75. The summed E-state index contributed by atoms with van der Waals surface area (Å²) in [7, 11) is 0. The van der Waals surface area contributed by atoms with Gasteiger partial charge in [-0.2, -0.15) is 0 Å². The third-order valence-electron chi connectivity index (χ3n) is 3.88. The van der Waals surface area contributed by atoms with Gasteiger partial charge in [0.2, 0.25) is 0 Å². The molecule has 0 amide bonds. The molecule has 1 heterocycles. The minimum Gasteiger partial charge on any atom is -0.462 e. The fraction of sp³-hybridized carbons (Fsp3) is 0.143. The molecule has 0 aliphatic heterocycles. The van der Waals surface area contributed by atoms with Crippen molar-refractivity contribution in [1.29, 1.82) is 0 Å². The number of halogens is 1. The van der Waals surface area contributed by atoms with E-state index < -0.39 is 0 Å². The summed E-state index contributed by atoms with van der Waals surface area (Å²) in [6, 6.07) is 19.2. The molecule has 0 spiro atoms. The van der Waals surface area contributed by atoms with Crippen molar-refractivity contribution in [1.82, 2.24) is 5.32 Å². The first kappa shape index (κ1) is 20.3. The average molecular weight is 431 g/mol. The number of esters is 1. The van der Waals surface area contributed by atoms with Crippen LogP contribution in [0, 0.1) is 0 Å². The van der Waals surface area contributed by atoms with Crippen LogP contribution in [0.1, 0.15) is 22.8 Å². The lowest BCUT2D eigenvalue weighted by Crippen LogP contribution is -2.28. The molecule has 0 bridgehead atoms. The van der Waals surface area contributed by atoms with Crippen LogP contribution in [0.5, 0.6) is 0 Å². The number of hydrogen-bond acceptors (Lipinski definition) is 4. The molecule has 0 atom stereocenters. The predicted molar refractivity (Wildman–Crippen MR) is 120 cm³/mol. The minimum atomic E-state index is -0.371. The number of thiocarbonyl (C=S) groups is 1. The second-order valence-corrected chi connectivity index (χ2v) is 7.77. The molecule has 2 aromatic carbocycles. The zero-order valence-corrected chi connectivity index (χ0v) is 17.6. The smallest absolute Gasteiger partial charge is 0.341 e. The zero-order valence-electron chi connectivity index (χ0n) is 15.2.